The Morgan fingerprint density at radius 3 is 2.80 bits per heavy atom. The predicted molar refractivity (Wildman–Crippen MR) is 43.4 cm³/mol. The van der Waals surface area contributed by atoms with Gasteiger partial charge in [0.1, 0.15) is 0 Å². The largest absolute Gasteiger partial charge is 0.391 e. The summed E-state index contributed by atoms with van der Waals surface area (Å²) in [5.74, 6) is 0.168. The van der Waals surface area contributed by atoms with Gasteiger partial charge in [0.05, 0.1) is 9.88 Å². The Hall–Kier alpha value is -0.830. The van der Waals surface area contributed by atoms with Crippen LogP contribution in [-0.4, -0.2) is 5.78 Å². The molecule has 0 amide bonds. The zero-order valence-electron chi connectivity index (χ0n) is 5.76. The molecule has 0 aromatic carbocycles. The van der Waals surface area contributed by atoms with E-state index in [9.17, 15) is 4.79 Å². The summed E-state index contributed by atoms with van der Waals surface area (Å²) in [6.07, 6.45) is 0.556. The number of Topliss-reactive ketones (excluding diaryl/α,β-unsaturated/α-hetero) is 1. The van der Waals surface area contributed by atoms with Crippen LogP contribution in [0.5, 0.6) is 0 Å². The normalized spacial score (nSPS) is 9.70. The second-order valence-corrected chi connectivity index (χ2v) is 3.09. The summed E-state index contributed by atoms with van der Waals surface area (Å²) < 4.78 is 0. The summed E-state index contributed by atoms with van der Waals surface area (Å²) in [6.45, 7) is 1.85. The van der Waals surface area contributed by atoms with E-state index >= 15 is 0 Å². The minimum absolute atomic E-state index is 0.168. The van der Waals surface area contributed by atoms with Crippen molar-refractivity contribution in [3.8, 4) is 0 Å². The third kappa shape index (κ3) is 1.36. The maximum absolute atomic E-state index is 11.0. The minimum atomic E-state index is 0.168. The lowest BCUT2D eigenvalue weighted by atomic mass is 10.3. The summed E-state index contributed by atoms with van der Waals surface area (Å²) in [5, 5.41) is 0.705. The van der Waals surface area contributed by atoms with Crippen LogP contribution < -0.4 is 5.73 Å². The monoisotopic (exact) mass is 155 g/mol. The van der Waals surface area contributed by atoms with Gasteiger partial charge in [0, 0.05) is 6.42 Å². The summed E-state index contributed by atoms with van der Waals surface area (Å²) in [6, 6.07) is 3.53. The van der Waals surface area contributed by atoms with Gasteiger partial charge in [0.15, 0.2) is 5.78 Å². The van der Waals surface area contributed by atoms with Gasteiger partial charge in [-0.25, -0.2) is 0 Å². The molecule has 3 heteroatoms. The summed E-state index contributed by atoms with van der Waals surface area (Å²) in [5.41, 5.74) is 5.44. The maximum atomic E-state index is 11.0. The Morgan fingerprint density at radius 1 is 1.70 bits per heavy atom. The number of hydrogen-bond acceptors (Lipinski definition) is 3. The number of ketones is 1. The van der Waals surface area contributed by atoms with Gasteiger partial charge in [-0.15, -0.1) is 11.3 Å². The number of carbonyl (C=O) groups is 1. The van der Waals surface area contributed by atoms with Crippen molar-refractivity contribution in [2.45, 2.75) is 13.3 Å². The van der Waals surface area contributed by atoms with Crippen molar-refractivity contribution in [1.82, 2.24) is 0 Å². The molecule has 2 nitrogen and oxygen atoms in total. The van der Waals surface area contributed by atoms with Crippen LogP contribution in [-0.2, 0) is 0 Å². The highest BCUT2D eigenvalue weighted by molar-refractivity contribution is 7.17. The van der Waals surface area contributed by atoms with E-state index in [1.165, 1.54) is 11.3 Å². The molecule has 10 heavy (non-hydrogen) atoms. The molecule has 1 aromatic heterocycles. The Labute approximate surface area is 63.7 Å². The third-order valence-electron chi connectivity index (χ3n) is 1.22. The highest BCUT2D eigenvalue weighted by Crippen LogP contribution is 2.19. The lowest BCUT2D eigenvalue weighted by Crippen LogP contribution is -1.90. The fourth-order valence-corrected chi connectivity index (χ4v) is 1.46. The van der Waals surface area contributed by atoms with Crippen molar-refractivity contribution >= 4 is 22.1 Å². The molecule has 0 atom stereocenters. The predicted octanol–water partition coefficient (Wildman–Crippen LogP) is 1.92. The summed E-state index contributed by atoms with van der Waals surface area (Å²) in [4.78, 5) is 11.7. The van der Waals surface area contributed by atoms with E-state index in [4.69, 9.17) is 5.73 Å². The Morgan fingerprint density at radius 2 is 2.40 bits per heavy atom. The lowest BCUT2D eigenvalue weighted by Gasteiger charge is -1.87. The molecule has 0 aliphatic carbocycles. The minimum Gasteiger partial charge on any atom is -0.391 e. The van der Waals surface area contributed by atoms with Crippen LogP contribution in [0.2, 0.25) is 0 Å². The Balaban J connectivity index is 2.85. The first-order valence-electron chi connectivity index (χ1n) is 3.12. The highest BCUT2D eigenvalue weighted by Gasteiger charge is 2.03. The van der Waals surface area contributed by atoms with E-state index < -0.39 is 0 Å². The second kappa shape index (κ2) is 2.84. The molecule has 0 spiro atoms. The van der Waals surface area contributed by atoms with Crippen LogP contribution in [0.1, 0.15) is 23.0 Å². The van der Waals surface area contributed by atoms with Crippen molar-refractivity contribution in [3.63, 3.8) is 0 Å². The van der Waals surface area contributed by atoms with Crippen molar-refractivity contribution in [2.75, 3.05) is 5.73 Å². The average Bonchev–Trinajstić information content (AvgIpc) is 2.34. The second-order valence-electron chi connectivity index (χ2n) is 1.98. The lowest BCUT2D eigenvalue weighted by molar-refractivity contribution is 0.0992. The quantitative estimate of drug-likeness (QED) is 0.663. The topological polar surface area (TPSA) is 43.1 Å². The van der Waals surface area contributed by atoms with E-state index in [0.29, 0.717) is 11.4 Å². The van der Waals surface area contributed by atoms with E-state index in [1.54, 1.807) is 12.1 Å². The standard InChI is InChI=1S/C7H9NOS/c1-2-5(9)6-3-4-7(8)10-6/h3-4H,2,8H2,1H3. The zero-order valence-corrected chi connectivity index (χ0v) is 6.57. The SMILES string of the molecule is CCC(=O)c1ccc(N)s1. The molecule has 0 radical (unpaired) electrons. The van der Waals surface area contributed by atoms with Crippen molar-refractivity contribution in [2.24, 2.45) is 0 Å². The smallest absolute Gasteiger partial charge is 0.172 e. The number of carbonyl (C=O) groups excluding carboxylic acids is 1. The molecule has 0 fully saturated rings. The molecular weight excluding hydrogens is 146 g/mol. The van der Waals surface area contributed by atoms with Gasteiger partial charge >= 0.3 is 0 Å². The van der Waals surface area contributed by atoms with Crippen molar-refractivity contribution in [3.05, 3.63) is 17.0 Å². The van der Waals surface area contributed by atoms with Gasteiger partial charge in [0.2, 0.25) is 0 Å². The van der Waals surface area contributed by atoms with Crippen LogP contribution in [0.15, 0.2) is 12.1 Å². The highest BCUT2D eigenvalue weighted by atomic mass is 32.1. The molecule has 54 valence electrons. The molecule has 0 unspecified atom stereocenters. The third-order valence-corrected chi connectivity index (χ3v) is 2.18. The van der Waals surface area contributed by atoms with E-state index in [-0.39, 0.29) is 5.78 Å². The fraction of sp³-hybridized carbons (Fsp3) is 0.286. The van der Waals surface area contributed by atoms with Gasteiger partial charge in [-0.1, -0.05) is 6.92 Å². The van der Waals surface area contributed by atoms with E-state index in [1.807, 2.05) is 6.92 Å². The van der Waals surface area contributed by atoms with Crippen molar-refractivity contribution < 1.29 is 4.79 Å². The van der Waals surface area contributed by atoms with Crippen LogP contribution in [0.25, 0.3) is 0 Å². The molecule has 0 bridgehead atoms. The van der Waals surface area contributed by atoms with Crippen molar-refractivity contribution in [1.29, 1.82) is 0 Å². The number of anilines is 1. The molecule has 2 N–H and O–H groups in total. The number of nitrogens with two attached hydrogens (primary N) is 1. The van der Waals surface area contributed by atoms with E-state index in [0.717, 1.165) is 4.88 Å². The van der Waals surface area contributed by atoms with Crippen LogP contribution in [0, 0.1) is 0 Å². The van der Waals surface area contributed by atoms with Crippen LogP contribution in [0.4, 0.5) is 5.00 Å². The maximum Gasteiger partial charge on any atom is 0.172 e. The van der Waals surface area contributed by atoms with Gasteiger partial charge in [-0.05, 0) is 12.1 Å². The molecule has 1 heterocycles. The van der Waals surface area contributed by atoms with Gasteiger partial charge in [0.25, 0.3) is 0 Å². The first-order chi connectivity index (χ1) is 4.74. The number of thiophene rings is 1. The van der Waals surface area contributed by atoms with Gasteiger partial charge in [-0.2, -0.15) is 0 Å². The number of hydrogen-bond donors (Lipinski definition) is 1. The molecule has 0 aliphatic heterocycles. The first-order valence-corrected chi connectivity index (χ1v) is 3.94. The van der Waals surface area contributed by atoms with Gasteiger partial charge in [-0.3, -0.25) is 4.79 Å². The van der Waals surface area contributed by atoms with E-state index in [2.05, 4.69) is 0 Å². The Bertz CT molecular complexity index is 242. The number of nitrogen functional groups attached to an aromatic ring is 1. The van der Waals surface area contributed by atoms with Crippen LogP contribution in [0.3, 0.4) is 0 Å². The Kier molecular flexibility index (Phi) is 2.06. The average molecular weight is 155 g/mol. The number of rotatable bonds is 2. The molecular formula is C7H9NOS. The zero-order chi connectivity index (χ0) is 7.56. The molecule has 1 aromatic rings. The van der Waals surface area contributed by atoms with Crippen LogP contribution >= 0.6 is 11.3 Å². The van der Waals surface area contributed by atoms with Gasteiger partial charge < -0.3 is 5.73 Å². The summed E-state index contributed by atoms with van der Waals surface area (Å²) >= 11 is 1.35. The first kappa shape index (κ1) is 7.28. The summed E-state index contributed by atoms with van der Waals surface area (Å²) in [7, 11) is 0. The molecule has 0 saturated heterocycles. The molecule has 1 rings (SSSR count). The fourth-order valence-electron chi connectivity index (χ4n) is 0.677. The molecule has 0 saturated carbocycles. The molecule has 0 aliphatic rings.